The molecular formula is C23H32O2. The van der Waals surface area contributed by atoms with Gasteiger partial charge in [-0.1, -0.05) is 68.8 Å². The van der Waals surface area contributed by atoms with Gasteiger partial charge in [-0.25, -0.2) is 0 Å². The van der Waals surface area contributed by atoms with Crippen LogP contribution in [0.15, 0.2) is 48.5 Å². The quantitative estimate of drug-likeness (QED) is 0.490. The fourth-order valence-electron chi connectivity index (χ4n) is 2.68. The van der Waals surface area contributed by atoms with E-state index in [-0.39, 0.29) is 0 Å². The number of rotatable bonds is 7. The van der Waals surface area contributed by atoms with Gasteiger partial charge < -0.3 is 9.59 Å². The van der Waals surface area contributed by atoms with Gasteiger partial charge in [0.15, 0.2) is 0 Å². The zero-order chi connectivity index (χ0) is 18.9. The van der Waals surface area contributed by atoms with Gasteiger partial charge in [0.25, 0.3) is 0 Å². The molecule has 0 aromatic heterocycles. The largest absolute Gasteiger partial charge is 0.307 e. The second-order valence-electron chi connectivity index (χ2n) is 5.86. The minimum Gasteiger partial charge on any atom is -0.307 e. The highest BCUT2D eigenvalue weighted by Gasteiger charge is 1.96. The Morgan fingerprint density at radius 1 is 0.840 bits per heavy atom. The van der Waals surface area contributed by atoms with Crippen LogP contribution in [0.1, 0.15) is 55.4 Å². The number of unbranched alkanes of at least 4 members (excludes halogenated alkanes) is 1. The number of carbonyl (C=O) groups is 2. The molecule has 2 aromatic rings. The van der Waals surface area contributed by atoms with Gasteiger partial charge in [0.2, 0.25) is 0 Å². The van der Waals surface area contributed by atoms with Crippen molar-refractivity contribution in [2.24, 2.45) is 0 Å². The maximum absolute atomic E-state index is 10.1. The summed E-state index contributed by atoms with van der Waals surface area (Å²) in [6.45, 7) is 8.55. The minimum atomic E-state index is 0.675. The summed E-state index contributed by atoms with van der Waals surface area (Å²) in [7, 11) is 0. The van der Waals surface area contributed by atoms with Crippen LogP contribution in [0.5, 0.6) is 0 Å². The average Bonchev–Trinajstić information content (AvgIpc) is 2.66. The third kappa shape index (κ3) is 9.61. The second kappa shape index (κ2) is 15.3. The molecule has 0 fully saturated rings. The SMILES string of the molecule is C=O.CCCc1ccccc1CC.Cc1ccccc1CCCC=O. The van der Waals surface area contributed by atoms with Gasteiger partial charge in [-0.15, -0.1) is 0 Å². The Hall–Kier alpha value is -2.22. The summed E-state index contributed by atoms with van der Waals surface area (Å²) in [5.41, 5.74) is 5.72. The first-order valence-electron chi connectivity index (χ1n) is 9.06. The first-order chi connectivity index (χ1) is 12.2. The fourth-order valence-corrected chi connectivity index (χ4v) is 2.68. The summed E-state index contributed by atoms with van der Waals surface area (Å²) in [5, 5.41) is 0. The molecule has 25 heavy (non-hydrogen) atoms. The van der Waals surface area contributed by atoms with Gasteiger partial charge in [0.05, 0.1) is 0 Å². The van der Waals surface area contributed by atoms with Crippen molar-refractivity contribution in [3.8, 4) is 0 Å². The number of carbonyl (C=O) groups excluding carboxylic acids is 2. The van der Waals surface area contributed by atoms with Crippen molar-refractivity contribution in [3.05, 3.63) is 70.8 Å². The lowest BCUT2D eigenvalue weighted by molar-refractivity contribution is -0.107. The molecule has 2 heteroatoms. The van der Waals surface area contributed by atoms with Crippen LogP contribution in [-0.2, 0) is 28.9 Å². The van der Waals surface area contributed by atoms with E-state index in [1.165, 1.54) is 35.1 Å². The highest BCUT2D eigenvalue weighted by molar-refractivity contribution is 5.49. The number of benzene rings is 2. The Morgan fingerprint density at radius 3 is 1.92 bits per heavy atom. The first-order valence-corrected chi connectivity index (χ1v) is 9.06. The van der Waals surface area contributed by atoms with Crippen LogP contribution in [0.2, 0.25) is 0 Å². The Kier molecular flexibility index (Phi) is 14.0. The molecular weight excluding hydrogens is 308 g/mol. The van der Waals surface area contributed by atoms with E-state index >= 15 is 0 Å². The Bertz CT molecular complexity index is 590. The molecule has 136 valence electrons. The number of hydrogen-bond donors (Lipinski definition) is 0. The summed E-state index contributed by atoms with van der Waals surface area (Å²) >= 11 is 0. The predicted molar refractivity (Wildman–Crippen MR) is 107 cm³/mol. The third-order valence-corrected chi connectivity index (χ3v) is 4.05. The van der Waals surface area contributed by atoms with E-state index in [1.54, 1.807) is 0 Å². The Labute approximate surface area is 153 Å². The van der Waals surface area contributed by atoms with Crippen molar-refractivity contribution < 1.29 is 9.59 Å². The fraction of sp³-hybridized carbons (Fsp3) is 0.391. The van der Waals surface area contributed by atoms with E-state index in [0.717, 1.165) is 25.5 Å². The van der Waals surface area contributed by atoms with E-state index in [4.69, 9.17) is 4.79 Å². The van der Waals surface area contributed by atoms with Gasteiger partial charge in [0, 0.05) is 6.42 Å². The Balaban J connectivity index is 0.000000421. The van der Waals surface area contributed by atoms with Gasteiger partial charge in [-0.2, -0.15) is 0 Å². The van der Waals surface area contributed by atoms with E-state index in [2.05, 4.69) is 57.2 Å². The summed E-state index contributed by atoms with van der Waals surface area (Å²) < 4.78 is 0. The zero-order valence-electron chi connectivity index (χ0n) is 16.0. The molecule has 0 saturated carbocycles. The second-order valence-corrected chi connectivity index (χ2v) is 5.86. The predicted octanol–water partition coefficient (Wildman–Crippen LogP) is 5.53. The zero-order valence-corrected chi connectivity index (χ0v) is 16.0. The first kappa shape index (κ1) is 22.8. The maximum atomic E-state index is 10.1. The molecule has 0 spiro atoms. The summed E-state index contributed by atoms with van der Waals surface area (Å²) in [6, 6.07) is 17.0. The molecule has 0 atom stereocenters. The van der Waals surface area contributed by atoms with Crippen molar-refractivity contribution in [1.82, 2.24) is 0 Å². The molecule has 2 nitrogen and oxygen atoms in total. The molecule has 0 saturated heterocycles. The van der Waals surface area contributed by atoms with Crippen LogP contribution < -0.4 is 0 Å². The third-order valence-electron chi connectivity index (χ3n) is 4.05. The van der Waals surface area contributed by atoms with Crippen molar-refractivity contribution in [1.29, 1.82) is 0 Å². The average molecular weight is 341 g/mol. The number of aldehydes is 1. The van der Waals surface area contributed by atoms with E-state index in [0.29, 0.717) is 6.42 Å². The molecule has 0 radical (unpaired) electrons. The minimum absolute atomic E-state index is 0.675. The maximum Gasteiger partial charge on any atom is 0.120 e. The van der Waals surface area contributed by atoms with Gasteiger partial charge in [-0.05, 0) is 54.9 Å². The molecule has 2 aromatic carbocycles. The molecule has 0 unspecified atom stereocenters. The molecule has 2 rings (SSSR count). The highest BCUT2D eigenvalue weighted by atomic mass is 16.1. The molecule has 0 aliphatic heterocycles. The van der Waals surface area contributed by atoms with Gasteiger partial charge >= 0.3 is 0 Å². The van der Waals surface area contributed by atoms with Crippen LogP contribution >= 0.6 is 0 Å². The molecule has 0 aliphatic rings. The molecule has 0 amide bonds. The normalized spacial score (nSPS) is 9.24. The molecule has 0 aliphatic carbocycles. The summed E-state index contributed by atoms with van der Waals surface area (Å²) in [5.74, 6) is 0. The molecule has 0 bridgehead atoms. The standard InChI is InChI=1S/C11H14O.C11H16.CH2O/c1-10-6-2-3-7-11(10)8-4-5-9-12;1-3-7-11-9-6-5-8-10(11)4-2;1-2/h2-3,6-7,9H,4-5,8H2,1H3;5-6,8-9H,3-4,7H2,1-2H3;1H2. The summed E-state index contributed by atoms with van der Waals surface area (Å²) in [6.07, 6.45) is 7.28. The van der Waals surface area contributed by atoms with Crippen LogP contribution in [0.25, 0.3) is 0 Å². The lowest BCUT2D eigenvalue weighted by Gasteiger charge is -2.04. The molecule has 0 heterocycles. The van der Waals surface area contributed by atoms with Crippen molar-refractivity contribution >= 4 is 13.1 Å². The van der Waals surface area contributed by atoms with Crippen molar-refractivity contribution in [3.63, 3.8) is 0 Å². The van der Waals surface area contributed by atoms with Crippen LogP contribution in [0.4, 0.5) is 0 Å². The van der Waals surface area contributed by atoms with Crippen molar-refractivity contribution in [2.45, 2.75) is 59.3 Å². The van der Waals surface area contributed by atoms with Gasteiger partial charge in [-0.3, -0.25) is 0 Å². The number of hydrogen-bond acceptors (Lipinski definition) is 2. The topological polar surface area (TPSA) is 34.1 Å². The van der Waals surface area contributed by atoms with E-state index in [1.807, 2.05) is 18.9 Å². The molecule has 0 N–H and O–H groups in total. The van der Waals surface area contributed by atoms with E-state index < -0.39 is 0 Å². The smallest absolute Gasteiger partial charge is 0.120 e. The number of aryl methyl sites for hydroxylation is 4. The summed E-state index contributed by atoms with van der Waals surface area (Å²) in [4.78, 5) is 18.1. The van der Waals surface area contributed by atoms with Gasteiger partial charge in [0.1, 0.15) is 13.1 Å². The van der Waals surface area contributed by atoms with Crippen LogP contribution in [0.3, 0.4) is 0 Å². The highest BCUT2D eigenvalue weighted by Crippen LogP contribution is 2.11. The Morgan fingerprint density at radius 2 is 1.40 bits per heavy atom. The lowest BCUT2D eigenvalue weighted by Crippen LogP contribution is -1.90. The van der Waals surface area contributed by atoms with Crippen LogP contribution in [0, 0.1) is 6.92 Å². The lowest BCUT2D eigenvalue weighted by atomic mass is 10.0. The monoisotopic (exact) mass is 340 g/mol. The van der Waals surface area contributed by atoms with E-state index in [9.17, 15) is 4.79 Å². The van der Waals surface area contributed by atoms with Crippen LogP contribution in [-0.4, -0.2) is 13.1 Å². The van der Waals surface area contributed by atoms with Crippen molar-refractivity contribution in [2.75, 3.05) is 0 Å².